The molecule has 1 aromatic carbocycles. The van der Waals surface area contributed by atoms with Crippen LogP contribution in [0.4, 0.5) is 0 Å². The fourth-order valence-electron chi connectivity index (χ4n) is 4.28. The lowest BCUT2D eigenvalue weighted by Crippen LogP contribution is -2.38. The number of carbonyl (C=O) groups excluding carboxylic acids is 1. The summed E-state index contributed by atoms with van der Waals surface area (Å²) in [7, 11) is 2.17. The minimum Gasteiger partial charge on any atom is -0.341 e. The van der Waals surface area contributed by atoms with E-state index in [0.29, 0.717) is 6.54 Å². The molecule has 0 unspecified atom stereocenters. The van der Waals surface area contributed by atoms with E-state index in [-0.39, 0.29) is 5.91 Å². The molecule has 0 spiro atoms. The van der Waals surface area contributed by atoms with Gasteiger partial charge in [-0.1, -0.05) is 11.6 Å². The van der Waals surface area contributed by atoms with Crippen molar-refractivity contribution in [2.75, 3.05) is 33.2 Å². The normalized spacial score (nSPS) is 19.0. The van der Waals surface area contributed by atoms with Crippen molar-refractivity contribution in [2.24, 2.45) is 0 Å². The van der Waals surface area contributed by atoms with Crippen LogP contribution in [-0.4, -0.2) is 53.5 Å². The molecule has 0 aliphatic carbocycles. The Morgan fingerprint density at radius 1 is 1.08 bits per heavy atom. The van der Waals surface area contributed by atoms with E-state index in [1.165, 1.54) is 23.1 Å². The maximum Gasteiger partial charge on any atom is 0.242 e. The number of hydrogen-bond donors (Lipinski definition) is 0. The van der Waals surface area contributed by atoms with Gasteiger partial charge in [0.05, 0.1) is 0 Å². The Balaban J connectivity index is 1.73. The summed E-state index contributed by atoms with van der Waals surface area (Å²) in [5.74, 6) is 0.256. The van der Waals surface area contributed by atoms with E-state index in [0.717, 1.165) is 62.4 Å². The van der Waals surface area contributed by atoms with Crippen LogP contribution in [0.1, 0.15) is 30.5 Å². The highest BCUT2D eigenvalue weighted by molar-refractivity contribution is 6.31. The third-order valence-electron chi connectivity index (χ3n) is 5.72. The summed E-state index contributed by atoms with van der Waals surface area (Å²) in [6.07, 6.45) is 5.53. The average Bonchev–Trinajstić information content (AvgIpc) is 2.76. The standard InChI is InChI=1S/C20H26ClN3O/c1-22-11-7-16-17-13-15(21)5-6-18(17)24(19(16)8-12-22)14-20(25)23-9-3-2-4-10-23/h5-6,13H,2-4,7-12,14H2,1H3. The van der Waals surface area contributed by atoms with Crippen molar-refractivity contribution in [1.29, 1.82) is 0 Å². The summed E-state index contributed by atoms with van der Waals surface area (Å²) < 4.78 is 2.26. The van der Waals surface area contributed by atoms with Gasteiger partial charge in [-0.15, -0.1) is 0 Å². The minimum atomic E-state index is 0.256. The predicted octanol–water partition coefficient (Wildman–Crippen LogP) is 3.34. The molecule has 0 bridgehead atoms. The smallest absolute Gasteiger partial charge is 0.242 e. The summed E-state index contributed by atoms with van der Waals surface area (Å²) in [5, 5.41) is 2.00. The first-order valence-corrected chi connectivity index (χ1v) is 9.77. The van der Waals surface area contributed by atoms with Crippen molar-refractivity contribution in [3.8, 4) is 0 Å². The quantitative estimate of drug-likeness (QED) is 0.822. The molecule has 1 aromatic heterocycles. The van der Waals surface area contributed by atoms with Crippen molar-refractivity contribution >= 4 is 28.4 Å². The Labute approximate surface area is 154 Å². The third kappa shape index (κ3) is 3.30. The molecule has 1 fully saturated rings. The molecule has 0 saturated carbocycles. The molecule has 2 aliphatic heterocycles. The number of rotatable bonds is 2. The summed E-state index contributed by atoms with van der Waals surface area (Å²) in [6, 6.07) is 6.10. The highest BCUT2D eigenvalue weighted by Crippen LogP contribution is 2.31. The summed E-state index contributed by atoms with van der Waals surface area (Å²) >= 11 is 6.27. The molecule has 1 amide bonds. The fourth-order valence-corrected chi connectivity index (χ4v) is 4.46. The van der Waals surface area contributed by atoms with Crippen molar-refractivity contribution in [3.63, 3.8) is 0 Å². The Morgan fingerprint density at radius 3 is 2.64 bits per heavy atom. The summed E-state index contributed by atoms with van der Waals surface area (Å²) in [6.45, 7) is 4.37. The van der Waals surface area contributed by atoms with Crippen molar-refractivity contribution < 1.29 is 4.79 Å². The molecule has 3 heterocycles. The number of hydrogen-bond acceptors (Lipinski definition) is 2. The fraction of sp³-hybridized carbons (Fsp3) is 0.550. The number of aromatic nitrogens is 1. The van der Waals surface area contributed by atoms with Crippen LogP contribution in [0.15, 0.2) is 18.2 Å². The van der Waals surface area contributed by atoms with E-state index in [1.54, 1.807) is 0 Å². The van der Waals surface area contributed by atoms with Crippen molar-refractivity contribution in [3.05, 3.63) is 34.5 Å². The Hall–Kier alpha value is -1.52. The largest absolute Gasteiger partial charge is 0.341 e. The van der Waals surface area contributed by atoms with Crippen molar-refractivity contribution in [1.82, 2.24) is 14.4 Å². The van der Waals surface area contributed by atoms with E-state index in [9.17, 15) is 4.79 Å². The summed E-state index contributed by atoms with van der Waals surface area (Å²) in [5.41, 5.74) is 3.87. The van der Waals surface area contributed by atoms with Crippen LogP contribution in [0, 0.1) is 0 Å². The molecule has 4 nitrogen and oxygen atoms in total. The van der Waals surface area contributed by atoms with Gasteiger partial charge in [-0.2, -0.15) is 0 Å². The van der Waals surface area contributed by atoms with Crippen LogP contribution >= 0.6 is 11.6 Å². The number of likely N-dealkylation sites (N-methyl/N-ethyl adjacent to an activating group) is 1. The molecule has 4 rings (SSSR count). The van der Waals surface area contributed by atoms with Gasteiger partial charge < -0.3 is 14.4 Å². The van der Waals surface area contributed by atoms with Crippen LogP contribution in [-0.2, 0) is 24.2 Å². The second kappa shape index (κ2) is 7.00. The topological polar surface area (TPSA) is 28.5 Å². The van der Waals surface area contributed by atoms with Gasteiger partial charge in [-0.05, 0) is 56.5 Å². The number of carbonyl (C=O) groups is 1. The monoisotopic (exact) mass is 359 g/mol. The maximum atomic E-state index is 12.9. The second-order valence-corrected chi connectivity index (χ2v) is 7.85. The number of likely N-dealkylation sites (tertiary alicyclic amines) is 1. The van der Waals surface area contributed by atoms with E-state index >= 15 is 0 Å². The lowest BCUT2D eigenvalue weighted by Gasteiger charge is -2.27. The van der Waals surface area contributed by atoms with E-state index in [2.05, 4.69) is 28.6 Å². The molecule has 2 aliphatic rings. The van der Waals surface area contributed by atoms with E-state index in [4.69, 9.17) is 11.6 Å². The number of piperidine rings is 1. The molecule has 5 heteroatoms. The molecule has 0 atom stereocenters. The zero-order chi connectivity index (χ0) is 17.4. The summed E-state index contributed by atoms with van der Waals surface area (Å²) in [4.78, 5) is 17.3. The number of fused-ring (bicyclic) bond motifs is 3. The van der Waals surface area contributed by atoms with Crippen LogP contribution in [0.2, 0.25) is 5.02 Å². The molecule has 25 heavy (non-hydrogen) atoms. The van der Waals surface area contributed by atoms with E-state index < -0.39 is 0 Å². The molecule has 134 valence electrons. The van der Waals surface area contributed by atoms with Crippen LogP contribution in [0.3, 0.4) is 0 Å². The molecular formula is C20H26ClN3O. The number of nitrogens with zero attached hydrogens (tertiary/aromatic N) is 3. The average molecular weight is 360 g/mol. The molecule has 2 aromatic rings. The lowest BCUT2D eigenvalue weighted by atomic mass is 10.1. The van der Waals surface area contributed by atoms with Gasteiger partial charge in [-0.3, -0.25) is 4.79 Å². The van der Waals surface area contributed by atoms with Crippen LogP contribution in [0.25, 0.3) is 10.9 Å². The van der Waals surface area contributed by atoms with Crippen molar-refractivity contribution in [2.45, 2.75) is 38.6 Å². The number of halogens is 1. The van der Waals surface area contributed by atoms with Crippen LogP contribution in [0.5, 0.6) is 0 Å². The van der Waals surface area contributed by atoms with Gasteiger partial charge in [0.25, 0.3) is 0 Å². The first-order valence-electron chi connectivity index (χ1n) is 9.39. The minimum absolute atomic E-state index is 0.256. The van der Waals surface area contributed by atoms with Gasteiger partial charge >= 0.3 is 0 Å². The molecule has 1 saturated heterocycles. The molecular weight excluding hydrogens is 334 g/mol. The SMILES string of the molecule is CN1CCc2c(n(CC(=O)N3CCCCC3)c3ccc(Cl)cc23)CC1. The molecule has 0 radical (unpaired) electrons. The van der Waals surface area contributed by atoms with Gasteiger partial charge in [0.15, 0.2) is 0 Å². The number of amides is 1. The second-order valence-electron chi connectivity index (χ2n) is 7.42. The van der Waals surface area contributed by atoms with Gasteiger partial charge in [-0.25, -0.2) is 0 Å². The Kier molecular flexibility index (Phi) is 4.74. The highest BCUT2D eigenvalue weighted by atomic mass is 35.5. The van der Waals surface area contributed by atoms with E-state index in [1.807, 2.05) is 11.0 Å². The zero-order valence-electron chi connectivity index (χ0n) is 14.9. The van der Waals surface area contributed by atoms with Gasteiger partial charge in [0, 0.05) is 54.2 Å². The first kappa shape index (κ1) is 16.9. The highest BCUT2D eigenvalue weighted by Gasteiger charge is 2.24. The Morgan fingerprint density at radius 2 is 1.84 bits per heavy atom. The molecule has 0 N–H and O–H groups in total. The maximum absolute atomic E-state index is 12.9. The lowest BCUT2D eigenvalue weighted by molar-refractivity contribution is -0.132. The van der Waals surface area contributed by atoms with Gasteiger partial charge in [0.2, 0.25) is 5.91 Å². The zero-order valence-corrected chi connectivity index (χ0v) is 15.7. The number of benzene rings is 1. The predicted molar refractivity (Wildman–Crippen MR) is 102 cm³/mol. The first-order chi connectivity index (χ1) is 12.1. The Bertz CT molecular complexity index is 792. The third-order valence-corrected chi connectivity index (χ3v) is 5.96. The van der Waals surface area contributed by atoms with Gasteiger partial charge in [0.1, 0.15) is 6.54 Å². The van der Waals surface area contributed by atoms with Crippen LogP contribution < -0.4 is 0 Å².